The van der Waals surface area contributed by atoms with Crippen LogP contribution in [0.3, 0.4) is 0 Å². The van der Waals surface area contributed by atoms with Crippen molar-refractivity contribution < 1.29 is 14.3 Å². The molecule has 0 saturated heterocycles. The van der Waals surface area contributed by atoms with E-state index in [1.165, 1.54) is 18.2 Å². The van der Waals surface area contributed by atoms with Crippen LogP contribution in [0.4, 0.5) is 4.39 Å². The number of aldehydes is 1. The first kappa shape index (κ1) is 10.6. The van der Waals surface area contributed by atoms with Crippen LogP contribution in [-0.2, 0) is 0 Å². The lowest BCUT2D eigenvalue weighted by molar-refractivity contribution is 0.112. The third-order valence-electron chi connectivity index (χ3n) is 1.79. The van der Waals surface area contributed by atoms with Crippen molar-refractivity contribution in [2.45, 2.75) is 6.42 Å². The normalized spacial score (nSPS) is 10.7. The highest BCUT2D eigenvalue weighted by Crippen LogP contribution is 2.13. The molecule has 0 aliphatic carbocycles. The van der Waals surface area contributed by atoms with Gasteiger partial charge in [-0.05, 0) is 12.5 Å². The Morgan fingerprint density at radius 2 is 2.21 bits per heavy atom. The first-order chi connectivity index (χ1) is 6.79. The molecule has 2 nitrogen and oxygen atoms in total. The van der Waals surface area contributed by atoms with Crippen molar-refractivity contribution in [3.63, 3.8) is 0 Å². The molecule has 0 fully saturated rings. The van der Waals surface area contributed by atoms with Gasteiger partial charge in [0.15, 0.2) is 6.29 Å². The van der Waals surface area contributed by atoms with E-state index < -0.39 is 5.82 Å². The largest absolute Gasteiger partial charge is 0.396 e. The molecule has 1 aromatic rings. The summed E-state index contributed by atoms with van der Waals surface area (Å²) < 4.78 is 13.2. The Balaban J connectivity index is 2.98. The molecule has 1 aromatic carbocycles. The number of hydrogen-bond donors (Lipinski definition) is 1. The van der Waals surface area contributed by atoms with Gasteiger partial charge in [0, 0.05) is 17.7 Å². The van der Waals surface area contributed by atoms with Crippen LogP contribution in [0.5, 0.6) is 0 Å². The molecule has 0 aromatic heterocycles. The van der Waals surface area contributed by atoms with Gasteiger partial charge in [-0.1, -0.05) is 24.3 Å². The lowest BCUT2D eigenvalue weighted by atomic mass is 10.1. The quantitative estimate of drug-likeness (QED) is 0.744. The minimum Gasteiger partial charge on any atom is -0.396 e. The van der Waals surface area contributed by atoms with Crippen LogP contribution >= 0.6 is 0 Å². The highest BCUT2D eigenvalue weighted by Gasteiger charge is 2.03. The molecule has 0 bridgehead atoms. The molecule has 0 radical (unpaired) electrons. The van der Waals surface area contributed by atoms with E-state index in [0.717, 1.165) is 0 Å². The van der Waals surface area contributed by atoms with Crippen molar-refractivity contribution in [2.24, 2.45) is 0 Å². The SMILES string of the molecule is O=Cc1cccc(F)c1C=CCCO. The molecule has 0 aliphatic rings. The fourth-order valence-electron chi connectivity index (χ4n) is 1.11. The van der Waals surface area contributed by atoms with Crippen molar-refractivity contribution in [3.8, 4) is 0 Å². The summed E-state index contributed by atoms with van der Waals surface area (Å²) in [5, 5.41) is 8.53. The highest BCUT2D eigenvalue weighted by atomic mass is 19.1. The molecule has 0 unspecified atom stereocenters. The zero-order valence-electron chi connectivity index (χ0n) is 7.61. The predicted molar refractivity (Wildman–Crippen MR) is 52.5 cm³/mol. The molecule has 0 amide bonds. The average Bonchev–Trinajstić information content (AvgIpc) is 2.20. The van der Waals surface area contributed by atoms with Gasteiger partial charge in [0.1, 0.15) is 5.82 Å². The second-order valence-electron chi connectivity index (χ2n) is 2.78. The van der Waals surface area contributed by atoms with E-state index in [4.69, 9.17) is 5.11 Å². The Morgan fingerprint density at radius 3 is 2.86 bits per heavy atom. The van der Waals surface area contributed by atoms with Gasteiger partial charge in [0.2, 0.25) is 0 Å². The van der Waals surface area contributed by atoms with E-state index in [0.29, 0.717) is 18.3 Å². The summed E-state index contributed by atoms with van der Waals surface area (Å²) in [6.45, 7) is 0.0153. The summed E-state index contributed by atoms with van der Waals surface area (Å²) in [5.41, 5.74) is 0.593. The summed E-state index contributed by atoms with van der Waals surface area (Å²) in [6.07, 6.45) is 4.20. The Hall–Kier alpha value is -1.48. The lowest BCUT2D eigenvalue weighted by Crippen LogP contribution is -1.90. The molecule has 0 aliphatic heterocycles. The van der Waals surface area contributed by atoms with Crippen LogP contribution in [0.2, 0.25) is 0 Å². The molecular formula is C11H11FO2. The van der Waals surface area contributed by atoms with Crippen LogP contribution < -0.4 is 0 Å². The van der Waals surface area contributed by atoms with E-state index in [-0.39, 0.29) is 12.2 Å². The van der Waals surface area contributed by atoms with Crippen molar-refractivity contribution in [2.75, 3.05) is 6.61 Å². The summed E-state index contributed by atoms with van der Waals surface area (Å²) in [7, 11) is 0. The molecule has 0 spiro atoms. The molecule has 0 saturated carbocycles. The predicted octanol–water partition coefficient (Wildman–Crippen LogP) is 2.03. The smallest absolute Gasteiger partial charge is 0.150 e. The van der Waals surface area contributed by atoms with Crippen molar-refractivity contribution in [3.05, 3.63) is 41.2 Å². The first-order valence-corrected chi connectivity index (χ1v) is 4.30. The lowest BCUT2D eigenvalue weighted by Gasteiger charge is -1.99. The number of aliphatic hydroxyl groups is 1. The maximum absolute atomic E-state index is 13.2. The third kappa shape index (κ3) is 2.50. The maximum Gasteiger partial charge on any atom is 0.150 e. The minimum absolute atomic E-state index is 0.0153. The minimum atomic E-state index is -0.427. The summed E-state index contributed by atoms with van der Waals surface area (Å²) in [5.74, 6) is -0.427. The number of carbonyl (C=O) groups is 1. The van der Waals surface area contributed by atoms with Crippen LogP contribution in [0, 0.1) is 5.82 Å². The third-order valence-corrected chi connectivity index (χ3v) is 1.79. The molecular weight excluding hydrogens is 183 g/mol. The molecule has 1 rings (SSSR count). The van der Waals surface area contributed by atoms with E-state index >= 15 is 0 Å². The Kier molecular flexibility index (Phi) is 4.01. The monoisotopic (exact) mass is 194 g/mol. The topological polar surface area (TPSA) is 37.3 Å². The van der Waals surface area contributed by atoms with Gasteiger partial charge in [0.25, 0.3) is 0 Å². The van der Waals surface area contributed by atoms with Gasteiger partial charge in [-0.2, -0.15) is 0 Å². The zero-order valence-corrected chi connectivity index (χ0v) is 7.61. The summed E-state index contributed by atoms with van der Waals surface area (Å²) >= 11 is 0. The van der Waals surface area contributed by atoms with Gasteiger partial charge < -0.3 is 5.11 Å². The van der Waals surface area contributed by atoms with Crippen LogP contribution in [0.15, 0.2) is 24.3 Å². The maximum atomic E-state index is 13.2. The molecule has 14 heavy (non-hydrogen) atoms. The number of halogens is 1. The molecule has 1 N–H and O–H groups in total. The second kappa shape index (κ2) is 5.29. The molecule has 0 heterocycles. The standard InChI is InChI=1S/C11H11FO2/c12-11-6-3-4-9(8-14)10(11)5-1-2-7-13/h1,3-6,8,13H,2,7H2. The molecule has 0 atom stereocenters. The first-order valence-electron chi connectivity index (χ1n) is 4.30. The van der Waals surface area contributed by atoms with E-state index in [9.17, 15) is 9.18 Å². The second-order valence-corrected chi connectivity index (χ2v) is 2.78. The Bertz CT molecular complexity index is 345. The van der Waals surface area contributed by atoms with Crippen LogP contribution in [0.1, 0.15) is 22.3 Å². The van der Waals surface area contributed by atoms with Crippen molar-refractivity contribution >= 4 is 12.4 Å². The van der Waals surface area contributed by atoms with Gasteiger partial charge in [-0.15, -0.1) is 0 Å². The van der Waals surface area contributed by atoms with E-state index in [2.05, 4.69) is 0 Å². The van der Waals surface area contributed by atoms with Gasteiger partial charge in [-0.25, -0.2) is 4.39 Å². The van der Waals surface area contributed by atoms with Crippen molar-refractivity contribution in [1.29, 1.82) is 0 Å². The van der Waals surface area contributed by atoms with Gasteiger partial charge in [-0.3, -0.25) is 4.79 Å². The molecule has 3 heteroatoms. The number of carbonyl (C=O) groups excluding carboxylic acids is 1. The molecule has 74 valence electrons. The average molecular weight is 194 g/mol. The number of hydrogen-bond acceptors (Lipinski definition) is 2. The van der Waals surface area contributed by atoms with E-state index in [1.807, 2.05) is 0 Å². The van der Waals surface area contributed by atoms with Crippen molar-refractivity contribution in [1.82, 2.24) is 0 Å². The van der Waals surface area contributed by atoms with Gasteiger partial charge in [0.05, 0.1) is 0 Å². The van der Waals surface area contributed by atoms with Crippen LogP contribution in [0.25, 0.3) is 6.08 Å². The summed E-state index contributed by atoms with van der Waals surface area (Å²) in [6, 6.07) is 4.34. The fraction of sp³-hybridized carbons (Fsp3) is 0.182. The van der Waals surface area contributed by atoms with Gasteiger partial charge >= 0.3 is 0 Å². The summed E-state index contributed by atoms with van der Waals surface area (Å²) in [4.78, 5) is 10.6. The van der Waals surface area contributed by atoms with E-state index in [1.54, 1.807) is 12.1 Å². The highest BCUT2D eigenvalue weighted by molar-refractivity contribution is 5.81. The number of aliphatic hydroxyl groups excluding tert-OH is 1. The Labute approximate surface area is 81.7 Å². The number of rotatable bonds is 4. The Morgan fingerprint density at radius 1 is 1.43 bits per heavy atom. The van der Waals surface area contributed by atoms with Crippen LogP contribution in [-0.4, -0.2) is 18.0 Å². The fourth-order valence-corrected chi connectivity index (χ4v) is 1.11. The number of benzene rings is 1. The zero-order chi connectivity index (χ0) is 10.4.